The van der Waals surface area contributed by atoms with Crippen molar-refractivity contribution in [1.29, 1.82) is 0 Å². The van der Waals surface area contributed by atoms with Gasteiger partial charge < -0.3 is 16.4 Å². The standard InChI is InChI=1S/C20H21N5O2S/c21-18-6-2-5-15(25-18)20(27)24-14-4-1-3-13(10-14)23-19(26)12-7-8-17-16(9-12)22-11-28-17/h2,5-9,11,13-14H,1,3-4,10H2,(H2,21,25)(H,23,26)(H,24,27)/t13-,14-/m1/s1. The molecule has 0 spiro atoms. The summed E-state index contributed by atoms with van der Waals surface area (Å²) in [6.45, 7) is 0. The molecule has 2 heterocycles. The maximum Gasteiger partial charge on any atom is 0.270 e. The lowest BCUT2D eigenvalue weighted by molar-refractivity contribution is 0.0900. The van der Waals surface area contributed by atoms with Gasteiger partial charge in [-0.2, -0.15) is 0 Å². The molecular formula is C20H21N5O2S. The molecule has 0 saturated heterocycles. The molecule has 1 aliphatic rings. The molecule has 0 aliphatic heterocycles. The number of thiazole rings is 1. The smallest absolute Gasteiger partial charge is 0.270 e. The lowest BCUT2D eigenvalue weighted by Crippen LogP contribution is -2.46. The molecule has 2 aromatic heterocycles. The van der Waals surface area contributed by atoms with Gasteiger partial charge in [0, 0.05) is 17.6 Å². The zero-order valence-corrected chi connectivity index (χ0v) is 16.0. The van der Waals surface area contributed by atoms with Crippen LogP contribution in [-0.4, -0.2) is 33.9 Å². The minimum absolute atomic E-state index is 0.00389. The fourth-order valence-electron chi connectivity index (χ4n) is 3.56. The van der Waals surface area contributed by atoms with Crippen LogP contribution in [0.3, 0.4) is 0 Å². The zero-order valence-electron chi connectivity index (χ0n) is 15.2. The quantitative estimate of drug-likeness (QED) is 0.629. The van der Waals surface area contributed by atoms with Crippen molar-refractivity contribution in [1.82, 2.24) is 20.6 Å². The van der Waals surface area contributed by atoms with E-state index in [1.165, 1.54) is 0 Å². The molecule has 3 aromatic rings. The number of hydrogen-bond donors (Lipinski definition) is 3. The number of aromatic nitrogens is 2. The SMILES string of the molecule is Nc1cccc(C(=O)N[C@@H]2CCC[C@@H](NC(=O)c3ccc4scnc4c3)C2)n1. The van der Waals surface area contributed by atoms with Crippen molar-refractivity contribution in [3.05, 3.63) is 53.2 Å². The molecule has 4 N–H and O–H groups in total. The van der Waals surface area contributed by atoms with Gasteiger partial charge in [-0.1, -0.05) is 6.07 Å². The topological polar surface area (TPSA) is 110 Å². The molecule has 1 saturated carbocycles. The number of anilines is 1. The van der Waals surface area contributed by atoms with Crippen LogP contribution in [0, 0.1) is 0 Å². The number of amides is 2. The van der Waals surface area contributed by atoms with Gasteiger partial charge in [0.1, 0.15) is 11.5 Å². The van der Waals surface area contributed by atoms with Crippen molar-refractivity contribution in [3.63, 3.8) is 0 Å². The number of carbonyl (C=O) groups is 2. The summed E-state index contributed by atoms with van der Waals surface area (Å²) in [4.78, 5) is 33.3. The molecule has 2 amide bonds. The molecule has 7 nitrogen and oxygen atoms in total. The Morgan fingerprint density at radius 2 is 1.86 bits per heavy atom. The highest BCUT2D eigenvalue weighted by Crippen LogP contribution is 2.21. The maximum absolute atomic E-state index is 12.6. The number of nitrogen functional groups attached to an aromatic ring is 1. The third-order valence-corrected chi connectivity index (χ3v) is 5.75. The zero-order chi connectivity index (χ0) is 19.5. The average Bonchev–Trinajstić information content (AvgIpc) is 3.16. The average molecular weight is 395 g/mol. The van der Waals surface area contributed by atoms with Gasteiger partial charge in [-0.3, -0.25) is 9.59 Å². The Kier molecular flexibility index (Phi) is 5.21. The van der Waals surface area contributed by atoms with E-state index in [1.54, 1.807) is 35.0 Å². The Morgan fingerprint density at radius 1 is 1.07 bits per heavy atom. The van der Waals surface area contributed by atoms with Gasteiger partial charge in [0.25, 0.3) is 11.8 Å². The molecule has 2 atom stereocenters. The maximum atomic E-state index is 12.6. The summed E-state index contributed by atoms with van der Waals surface area (Å²) in [5.74, 6) is -0.0267. The van der Waals surface area contributed by atoms with E-state index in [1.807, 2.05) is 18.2 Å². The highest BCUT2D eigenvalue weighted by molar-refractivity contribution is 7.16. The number of nitrogens with one attached hydrogen (secondary N) is 2. The first-order chi connectivity index (χ1) is 13.6. The van der Waals surface area contributed by atoms with E-state index in [0.717, 1.165) is 29.5 Å². The lowest BCUT2D eigenvalue weighted by Gasteiger charge is -2.30. The Balaban J connectivity index is 1.36. The van der Waals surface area contributed by atoms with Crippen LogP contribution in [0.25, 0.3) is 10.2 Å². The number of fused-ring (bicyclic) bond motifs is 1. The van der Waals surface area contributed by atoms with Gasteiger partial charge in [-0.15, -0.1) is 11.3 Å². The Bertz CT molecular complexity index is 1020. The number of hydrogen-bond acceptors (Lipinski definition) is 6. The van der Waals surface area contributed by atoms with Crippen molar-refractivity contribution < 1.29 is 9.59 Å². The van der Waals surface area contributed by atoms with Crippen molar-refractivity contribution >= 4 is 39.2 Å². The van der Waals surface area contributed by atoms with Crippen LogP contribution >= 0.6 is 11.3 Å². The first-order valence-electron chi connectivity index (χ1n) is 9.26. The predicted molar refractivity (Wildman–Crippen MR) is 109 cm³/mol. The van der Waals surface area contributed by atoms with Crippen LogP contribution in [0.2, 0.25) is 0 Å². The van der Waals surface area contributed by atoms with E-state index >= 15 is 0 Å². The molecule has 0 radical (unpaired) electrons. The van der Waals surface area contributed by atoms with Crippen LogP contribution in [0.4, 0.5) is 5.82 Å². The molecule has 1 aliphatic carbocycles. The molecular weight excluding hydrogens is 374 g/mol. The fourth-order valence-corrected chi connectivity index (χ4v) is 4.22. The van der Waals surface area contributed by atoms with E-state index in [0.29, 0.717) is 23.5 Å². The highest BCUT2D eigenvalue weighted by Gasteiger charge is 2.25. The van der Waals surface area contributed by atoms with Gasteiger partial charge in [0.2, 0.25) is 0 Å². The minimum Gasteiger partial charge on any atom is -0.384 e. The van der Waals surface area contributed by atoms with Crippen LogP contribution < -0.4 is 16.4 Å². The molecule has 28 heavy (non-hydrogen) atoms. The van der Waals surface area contributed by atoms with Gasteiger partial charge >= 0.3 is 0 Å². The van der Waals surface area contributed by atoms with Crippen LogP contribution in [0.15, 0.2) is 41.9 Å². The normalized spacial score (nSPS) is 19.3. The molecule has 0 bridgehead atoms. The van der Waals surface area contributed by atoms with Crippen molar-refractivity contribution in [2.45, 2.75) is 37.8 Å². The van der Waals surface area contributed by atoms with E-state index in [9.17, 15) is 9.59 Å². The van der Waals surface area contributed by atoms with E-state index in [2.05, 4.69) is 20.6 Å². The number of rotatable bonds is 4. The molecule has 0 unspecified atom stereocenters. The van der Waals surface area contributed by atoms with Crippen molar-refractivity contribution in [2.75, 3.05) is 5.73 Å². The van der Waals surface area contributed by atoms with Crippen LogP contribution in [-0.2, 0) is 0 Å². The van der Waals surface area contributed by atoms with Crippen LogP contribution in [0.5, 0.6) is 0 Å². The van der Waals surface area contributed by atoms with E-state index < -0.39 is 0 Å². The summed E-state index contributed by atoms with van der Waals surface area (Å²) in [6.07, 6.45) is 3.41. The third kappa shape index (κ3) is 4.12. The largest absolute Gasteiger partial charge is 0.384 e. The Morgan fingerprint density at radius 3 is 2.64 bits per heavy atom. The summed E-state index contributed by atoms with van der Waals surface area (Å²) in [5.41, 5.74) is 9.17. The Hall–Kier alpha value is -3.00. The summed E-state index contributed by atoms with van der Waals surface area (Å²) in [7, 11) is 0. The van der Waals surface area contributed by atoms with Crippen LogP contribution in [0.1, 0.15) is 46.5 Å². The molecule has 8 heteroatoms. The summed E-state index contributed by atoms with van der Waals surface area (Å²) >= 11 is 1.55. The van der Waals surface area contributed by atoms with Crippen molar-refractivity contribution in [3.8, 4) is 0 Å². The summed E-state index contributed by atoms with van der Waals surface area (Å²) in [6, 6.07) is 10.6. The number of pyridine rings is 1. The minimum atomic E-state index is -0.238. The van der Waals surface area contributed by atoms with Gasteiger partial charge in [-0.05, 0) is 56.0 Å². The monoisotopic (exact) mass is 395 g/mol. The predicted octanol–water partition coefficient (Wildman–Crippen LogP) is 2.74. The first kappa shape index (κ1) is 18.4. The second-order valence-electron chi connectivity index (χ2n) is 6.99. The molecule has 4 rings (SSSR count). The Labute approximate surface area is 166 Å². The van der Waals surface area contributed by atoms with E-state index in [4.69, 9.17) is 5.73 Å². The van der Waals surface area contributed by atoms with Gasteiger partial charge in [0.05, 0.1) is 15.7 Å². The second-order valence-corrected chi connectivity index (χ2v) is 7.88. The number of benzene rings is 1. The molecule has 1 aromatic carbocycles. The summed E-state index contributed by atoms with van der Waals surface area (Å²) < 4.78 is 1.06. The highest BCUT2D eigenvalue weighted by atomic mass is 32.1. The van der Waals surface area contributed by atoms with Gasteiger partial charge in [-0.25, -0.2) is 9.97 Å². The number of carbonyl (C=O) groups excluding carboxylic acids is 2. The second kappa shape index (κ2) is 7.93. The van der Waals surface area contributed by atoms with E-state index in [-0.39, 0.29) is 23.9 Å². The van der Waals surface area contributed by atoms with Gasteiger partial charge in [0.15, 0.2) is 0 Å². The first-order valence-corrected chi connectivity index (χ1v) is 10.1. The third-order valence-electron chi connectivity index (χ3n) is 4.94. The molecule has 1 fully saturated rings. The number of nitrogens with zero attached hydrogens (tertiary/aromatic N) is 2. The fraction of sp³-hybridized carbons (Fsp3) is 0.300. The lowest BCUT2D eigenvalue weighted by atomic mass is 9.90. The summed E-state index contributed by atoms with van der Waals surface area (Å²) in [5, 5.41) is 6.10. The molecule has 144 valence electrons. The van der Waals surface area contributed by atoms with Crippen molar-refractivity contribution in [2.24, 2.45) is 0 Å². The number of nitrogens with two attached hydrogens (primary N) is 1.